The minimum absolute atomic E-state index is 0.0582. The summed E-state index contributed by atoms with van der Waals surface area (Å²) < 4.78 is 41.1. The Kier molecular flexibility index (Phi) is 7.89. The molecule has 1 aromatic heterocycles. The molecule has 2 saturated heterocycles. The average molecular weight is 625 g/mol. The summed E-state index contributed by atoms with van der Waals surface area (Å²) in [5.41, 5.74) is 1.68. The summed E-state index contributed by atoms with van der Waals surface area (Å²) >= 11 is 6.10. The molecule has 10 heteroatoms. The Labute approximate surface area is 260 Å². The first kappa shape index (κ1) is 30.4. The molecule has 3 heterocycles. The van der Waals surface area contributed by atoms with E-state index in [2.05, 4.69) is 15.2 Å². The van der Waals surface area contributed by atoms with Gasteiger partial charge < -0.3 is 15.1 Å². The number of alkyl halides is 3. The highest BCUT2D eigenvalue weighted by atomic mass is 35.5. The van der Waals surface area contributed by atoms with Crippen molar-refractivity contribution >= 4 is 29.1 Å². The van der Waals surface area contributed by atoms with Crippen molar-refractivity contribution in [2.24, 2.45) is 5.41 Å². The number of carbonyl (C=O) groups excluding carboxylic acids is 2. The number of aromatic nitrogens is 1. The van der Waals surface area contributed by atoms with E-state index >= 15 is 0 Å². The summed E-state index contributed by atoms with van der Waals surface area (Å²) in [5, 5.41) is 2.54. The molecule has 44 heavy (non-hydrogen) atoms. The van der Waals surface area contributed by atoms with Crippen LogP contribution in [0.1, 0.15) is 89.4 Å². The van der Waals surface area contributed by atoms with Crippen molar-refractivity contribution in [3.8, 4) is 0 Å². The maximum Gasteiger partial charge on any atom is 0.417 e. The number of likely N-dealkylation sites (tertiary alicyclic amines) is 1. The van der Waals surface area contributed by atoms with Crippen LogP contribution in [0.5, 0.6) is 0 Å². The van der Waals surface area contributed by atoms with E-state index in [0.717, 1.165) is 56.0 Å². The minimum atomic E-state index is -4.73. The summed E-state index contributed by atoms with van der Waals surface area (Å²) in [5.74, 6) is -0.943. The lowest BCUT2D eigenvalue weighted by Gasteiger charge is -2.47. The van der Waals surface area contributed by atoms with Gasteiger partial charge in [0.25, 0.3) is 11.8 Å². The van der Waals surface area contributed by atoms with Crippen molar-refractivity contribution in [2.75, 3.05) is 31.1 Å². The van der Waals surface area contributed by atoms with E-state index in [9.17, 15) is 22.8 Å². The van der Waals surface area contributed by atoms with Crippen LogP contribution in [0, 0.1) is 5.41 Å². The highest BCUT2D eigenvalue weighted by Gasteiger charge is 2.42. The third kappa shape index (κ3) is 5.78. The number of halogens is 4. The number of amides is 2. The smallest absolute Gasteiger partial charge is 0.371 e. The van der Waals surface area contributed by atoms with Crippen molar-refractivity contribution < 1.29 is 22.8 Å². The van der Waals surface area contributed by atoms with Crippen LogP contribution in [0.15, 0.2) is 60.9 Å². The molecule has 6 rings (SSSR count). The number of nitrogens with one attached hydrogen (secondary N) is 1. The molecule has 3 aromatic rings. The Morgan fingerprint density at radius 1 is 0.955 bits per heavy atom. The number of hydrogen-bond donors (Lipinski definition) is 1. The zero-order chi connectivity index (χ0) is 31.3. The van der Waals surface area contributed by atoms with Gasteiger partial charge in [-0.15, -0.1) is 0 Å². The minimum Gasteiger partial charge on any atom is -0.371 e. The lowest BCUT2D eigenvalue weighted by molar-refractivity contribution is -0.137. The Bertz CT molecular complexity index is 1560. The fourth-order valence-corrected chi connectivity index (χ4v) is 7.60. The molecule has 232 valence electrons. The molecule has 1 aliphatic carbocycles. The molecular formula is C34H36ClF3N4O2. The molecule has 6 nitrogen and oxygen atoms in total. The number of benzene rings is 2. The molecule has 1 spiro atoms. The molecule has 0 bridgehead atoms. The van der Waals surface area contributed by atoms with Gasteiger partial charge >= 0.3 is 6.18 Å². The second-order valence-corrected chi connectivity index (χ2v) is 13.5. The molecule has 2 fully saturated rings. The molecular weight excluding hydrogens is 589 g/mol. The Morgan fingerprint density at radius 3 is 2.27 bits per heavy atom. The fraction of sp³-hybridized carbons (Fsp3) is 0.441. The van der Waals surface area contributed by atoms with Crippen LogP contribution in [-0.4, -0.2) is 47.9 Å². The second kappa shape index (κ2) is 11.4. The van der Waals surface area contributed by atoms with Crippen molar-refractivity contribution in [1.29, 1.82) is 0 Å². The van der Waals surface area contributed by atoms with Crippen molar-refractivity contribution in [3.05, 3.63) is 93.8 Å². The van der Waals surface area contributed by atoms with E-state index < -0.39 is 29.3 Å². The third-order valence-electron chi connectivity index (χ3n) is 9.93. The van der Waals surface area contributed by atoms with Crippen molar-refractivity contribution in [2.45, 2.75) is 63.6 Å². The highest BCUT2D eigenvalue weighted by molar-refractivity contribution is 6.34. The van der Waals surface area contributed by atoms with Crippen LogP contribution < -0.4 is 10.2 Å². The van der Waals surface area contributed by atoms with E-state index in [1.165, 1.54) is 17.8 Å². The molecule has 0 radical (unpaired) electrons. The van der Waals surface area contributed by atoms with E-state index in [0.29, 0.717) is 25.1 Å². The van der Waals surface area contributed by atoms with Crippen molar-refractivity contribution in [3.63, 3.8) is 0 Å². The predicted octanol–water partition coefficient (Wildman–Crippen LogP) is 7.43. The van der Waals surface area contributed by atoms with Crippen LogP contribution in [-0.2, 0) is 11.6 Å². The highest BCUT2D eigenvalue weighted by Crippen LogP contribution is 2.46. The molecule has 3 aliphatic rings. The van der Waals surface area contributed by atoms with E-state index in [1.807, 2.05) is 61.5 Å². The number of hydrogen-bond acceptors (Lipinski definition) is 4. The molecule has 1 N–H and O–H groups in total. The van der Waals surface area contributed by atoms with Crippen LogP contribution in [0.25, 0.3) is 0 Å². The summed E-state index contributed by atoms with van der Waals surface area (Å²) in [4.78, 5) is 35.4. The quantitative estimate of drug-likeness (QED) is 0.328. The van der Waals surface area contributed by atoms with Crippen LogP contribution in [0.2, 0.25) is 5.02 Å². The van der Waals surface area contributed by atoms with Crippen LogP contribution in [0.3, 0.4) is 0 Å². The van der Waals surface area contributed by atoms with E-state index in [1.54, 1.807) is 0 Å². The molecule has 2 amide bonds. The summed E-state index contributed by atoms with van der Waals surface area (Å²) in [6, 6.07) is 12.4. The Morgan fingerprint density at radius 2 is 1.61 bits per heavy atom. The van der Waals surface area contributed by atoms with E-state index in [4.69, 9.17) is 11.6 Å². The van der Waals surface area contributed by atoms with Gasteiger partial charge in [0.05, 0.1) is 22.2 Å². The zero-order valence-corrected chi connectivity index (χ0v) is 25.6. The number of pyridine rings is 1. The molecule has 2 aromatic carbocycles. The Hall–Kier alpha value is -3.59. The van der Waals surface area contributed by atoms with Gasteiger partial charge in [-0.2, -0.15) is 13.2 Å². The largest absolute Gasteiger partial charge is 0.417 e. The lowest BCUT2D eigenvalue weighted by Crippen LogP contribution is -2.48. The zero-order valence-electron chi connectivity index (χ0n) is 24.9. The molecule has 1 unspecified atom stereocenters. The van der Waals surface area contributed by atoms with Gasteiger partial charge in [-0.1, -0.05) is 37.6 Å². The first-order chi connectivity index (χ1) is 20.9. The van der Waals surface area contributed by atoms with Gasteiger partial charge in [0, 0.05) is 49.8 Å². The second-order valence-electron chi connectivity index (χ2n) is 13.1. The monoisotopic (exact) mass is 624 g/mol. The van der Waals surface area contributed by atoms with Gasteiger partial charge in [-0.05, 0) is 90.5 Å². The number of fused-ring (bicyclic) bond motifs is 1. The summed E-state index contributed by atoms with van der Waals surface area (Å²) in [7, 11) is 0. The van der Waals surface area contributed by atoms with Gasteiger partial charge in [0.15, 0.2) is 0 Å². The van der Waals surface area contributed by atoms with Gasteiger partial charge in [0.1, 0.15) is 0 Å². The summed E-state index contributed by atoms with van der Waals surface area (Å²) in [6.45, 7) is 7.40. The number of rotatable bonds is 4. The van der Waals surface area contributed by atoms with Gasteiger partial charge in [0.2, 0.25) is 0 Å². The SMILES string of the molecule is CC1(C)CC(NC(=O)c2c(Cl)cccc2C(F)(F)F)c2cc(C(=O)N3CCC4(CC3)CCN(c3ccncc3)CC4)ccc21. The van der Waals surface area contributed by atoms with Gasteiger partial charge in [-0.25, -0.2) is 0 Å². The number of piperidine rings is 2. The van der Waals surface area contributed by atoms with Crippen LogP contribution >= 0.6 is 11.6 Å². The summed E-state index contributed by atoms with van der Waals surface area (Å²) in [6.07, 6.45) is 3.50. The molecule has 1 atom stereocenters. The average Bonchev–Trinajstić information content (AvgIpc) is 3.25. The first-order valence-electron chi connectivity index (χ1n) is 15.1. The molecule has 0 saturated carbocycles. The normalized spacial score (nSPS) is 20.8. The third-order valence-corrected chi connectivity index (χ3v) is 10.2. The molecule has 2 aliphatic heterocycles. The maximum atomic E-state index is 13.7. The van der Waals surface area contributed by atoms with E-state index in [-0.39, 0.29) is 21.8 Å². The number of carbonyl (C=O) groups is 2. The number of nitrogens with zero attached hydrogens (tertiary/aromatic N) is 3. The fourth-order valence-electron chi connectivity index (χ4n) is 7.34. The predicted molar refractivity (Wildman–Crippen MR) is 164 cm³/mol. The maximum absolute atomic E-state index is 13.7. The van der Waals surface area contributed by atoms with Gasteiger partial charge in [-0.3, -0.25) is 14.6 Å². The topological polar surface area (TPSA) is 65.5 Å². The number of anilines is 1. The Balaban J connectivity index is 1.15. The van der Waals surface area contributed by atoms with Crippen molar-refractivity contribution in [1.82, 2.24) is 15.2 Å². The first-order valence-corrected chi connectivity index (χ1v) is 15.5. The standard InChI is InChI=1S/C34H36ClF3N4O2/c1-32(2)21-28(40-30(43)29-26(34(36,37)38)4-3-5-27(29)35)24-20-22(6-7-25(24)32)31(44)42-18-12-33(13-19-42)10-16-41(17-11-33)23-8-14-39-15-9-23/h3-9,14-15,20,28H,10-13,16-19,21H2,1-2H3,(H,40,43). The lowest BCUT2D eigenvalue weighted by atomic mass is 9.71. The van der Waals surface area contributed by atoms with Crippen LogP contribution in [0.4, 0.5) is 18.9 Å².